The maximum atomic E-state index is 13.0. The van der Waals surface area contributed by atoms with Gasteiger partial charge < -0.3 is 11.1 Å². The highest BCUT2D eigenvalue weighted by Gasteiger charge is 2.04. The van der Waals surface area contributed by atoms with Gasteiger partial charge in [0.2, 0.25) is 5.91 Å². The number of nitriles is 1. The molecule has 20 heavy (non-hydrogen) atoms. The van der Waals surface area contributed by atoms with Crippen LogP contribution in [0.4, 0.5) is 10.1 Å². The van der Waals surface area contributed by atoms with E-state index < -0.39 is 11.7 Å². The molecule has 0 atom stereocenters. The van der Waals surface area contributed by atoms with Crippen molar-refractivity contribution in [3.8, 4) is 6.07 Å². The number of hydrogen-bond acceptors (Lipinski definition) is 3. The summed E-state index contributed by atoms with van der Waals surface area (Å²) in [5.41, 5.74) is 7.32. The number of hydrogen-bond donors (Lipinski definition) is 2. The summed E-state index contributed by atoms with van der Waals surface area (Å²) in [5.74, 6) is -0.923. The van der Waals surface area contributed by atoms with Crippen molar-refractivity contribution in [3.63, 3.8) is 0 Å². The summed E-state index contributed by atoms with van der Waals surface area (Å²) in [5, 5.41) is 12.0. The van der Waals surface area contributed by atoms with Gasteiger partial charge >= 0.3 is 0 Å². The Morgan fingerprint density at radius 2 is 1.95 bits per heavy atom. The van der Waals surface area contributed by atoms with Crippen LogP contribution in [0.2, 0.25) is 0 Å². The quantitative estimate of drug-likeness (QED) is 0.894. The first-order valence-electron chi connectivity index (χ1n) is 5.92. The molecular weight excluding hydrogens is 257 g/mol. The Morgan fingerprint density at radius 3 is 2.55 bits per heavy atom. The van der Waals surface area contributed by atoms with Crippen LogP contribution in [0.5, 0.6) is 0 Å². The van der Waals surface area contributed by atoms with Crippen LogP contribution in [0.1, 0.15) is 21.5 Å². The highest BCUT2D eigenvalue weighted by molar-refractivity contribution is 5.92. The van der Waals surface area contributed by atoms with Crippen molar-refractivity contribution in [3.05, 3.63) is 65.0 Å². The highest BCUT2D eigenvalue weighted by atomic mass is 19.1. The van der Waals surface area contributed by atoms with E-state index in [0.717, 1.165) is 5.56 Å². The molecule has 0 aliphatic rings. The van der Waals surface area contributed by atoms with E-state index in [1.807, 2.05) is 6.07 Å². The van der Waals surface area contributed by atoms with Crippen LogP contribution in [0.3, 0.4) is 0 Å². The average Bonchev–Trinajstić information content (AvgIpc) is 2.46. The van der Waals surface area contributed by atoms with Gasteiger partial charge in [-0.15, -0.1) is 0 Å². The maximum absolute atomic E-state index is 13.0. The molecule has 2 aromatic carbocycles. The Balaban J connectivity index is 2.09. The third kappa shape index (κ3) is 3.12. The topological polar surface area (TPSA) is 78.9 Å². The number of nitrogens with zero attached hydrogens (tertiary/aromatic N) is 1. The molecule has 0 spiro atoms. The fourth-order valence-electron chi connectivity index (χ4n) is 1.75. The van der Waals surface area contributed by atoms with Gasteiger partial charge in [-0.1, -0.05) is 12.1 Å². The molecule has 2 rings (SSSR count). The molecule has 100 valence electrons. The van der Waals surface area contributed by atoms with Gasteiger partial charge in [-0.2, -0.15) is 5.26 Å². The number of rotatable bonds is 4. The number of primary amides is 1. The van der Waals surface area contributed by atoms with Crippen molar-refractivity contribution in [2.45, 2.75) is 6.54 Å². The summed E-state index contributed by atoms with van der Waals surface area (Å²) in [6, 6.07) is 12.7. The van der Waals surface area contributed by atoms with Gasteiger partial charge in [0.15, 0.2) is 0 Å². The van der Waals surface area contributed by atoms with Crippen LogP contribution >= 0.6 is 0 Å². The van der Waals surface area contributed by atoms with Crippen LogP contribution < -0.4 is 11.1 Å². The van der Waals surface area contributed by atoms with Gasteiger partial charge in [-0.25, -0.2) is 4.39 Å². The smallest absolute Gasteiger partial charge is 0.248 e. The molecule has 0 aromatic heterocycles. The Bertz CT molecular complexity index is 675. The van der Waals surface area contributed by atoms with Crippen molar-refractivity contribution >= 4 is 11.6 Å². The Morgan fingerprint density at radius 1 is 1.25 bits per heavy atom. The summed E-state index contributed by atoms with van der Waals surface area (Å²) < 4.78 is 13.0. The fraction of sp³-hybridized carbons (Fsp3) is 0.0667. The number of benzene rings is 2. The van der Waals surface area contributed by atoms with E-state index >= 15 is 0 Å². The van der Waals surface area contributed by atoms with Crippen molar-refractivity contribution in [1.82, 2.24) is 0 Å². The standard InChI is InChI=1S/C15H12FN3O/c16-13-5-6-14(12(7-13)8-17)19-9-10-1-3-11(4-2-10)15(18)20/h1-7,19H,9H2,(H2,18,20). The van der Waals surface area contributed by atoms with E-state index in [4.69, 9.17) is 11.0 Å². The predicted octanol–water partition coefficient (Wildman–Crippen LogP) is 2.41. The van der Waals surface area contributed by atoms with Crippen LogP contribution in [-0.4, -0.2) is 5.91 Å². The minimum Gasteiger partial charge on any atom is -0.380 e. The molecular formula is C15H12FN3O. The second-order valence-corrected chi connectivity index (χ2v) is 4.22. The molecule has 4 nitrogen and oxygen atoms in total. The largest absolute Gasteiger partial charge is 0.380 e. The molecule has 0 radical (unpaired) electrons. The molecule has 0 saturated heterocycles. The number of carbonyl (C=O) groups is 1. The van der Waals surface area contributed by atoms with E-state index in [0.29, 0.717) is 17.8 Å². The van der Waals surface area contributed by atoms with Crippen molar-refractivity contribution < 1.29 is 9.18 Å². The number of nitrogens with one attached hydrogen (secondary N) is 1. The molecule has 0 unspecified atom stereocenters. The molecule has 0 aliphatic carbocycles. The zero-order valence-electron chi connectivity index (χ0n) is 10.6. The molecule has 0 fully saturated rings. The van der Waals surface area contributed by atoms with E-state index in [-0.39, 0.29) is 5.56 Å². The minimum atomic E-state index is -0.477. The van der Waals surface area contributed by atoms with Crippen molar-refractivity contribution in [2.24, 2.45) is 5.73 Å². The Hall–Kier alpha value is -2.87. The van der Waals surface area contributed by atoms with Crippen LogP contribution in [-0.2, 0) is 6.54 Å². The van der Waals surface area contributed by atoms with Gasteiger partial charge in [-0.05, 0) is 35.9 Å². The average molecular weight is 269 g/mol. The minimum absolute atomic E-state index is 0.249. The lowest BCUT2D eigenvalue weighted by Crippen LogP contribution is -2.10. The lowest BCUT2D eigenvalue weighted by atomic mass is 10.1. The number of carbonyl (C=O) groups excluding carboxylic acids is 1. The zero-order chi connectivity index (χ0) is 14.5. The maximum Gasteiger partial charge on any atom is 0.248 e. The van der Waals surface area contributed by atoms with E-state index in [1.165, 1.54) is 18.2 Å². The lowest BCUT2D eigenvalue weighted by Gasteiger charge is -2.08. The summed E-state index contributed by atoms with van der Waals surface area (Å²) in [6.07, 6.45) is 0. The summed E-state index contributed by atoms with van der Waals surface area (Å²) in [4.78, 5) is 10.9. The van der Waals surface area contributed by atoms with Gasteiger partial charge in [0, 0.05) is 12.1 Å². The molecule has 1 amide bonds. The number of anilines is 1. The number of nitrogens with two attached hydrogens (primary N) is 1. The first-order chi connectivity index (χ1) is 9.60. The number of amides is 1. The molecule has 3 N–H and O–H groups in total. The second kappa shape index (κ2) is 5.85. The summed E-state index contributed by atoms with van der Waals surface area (Å²) >= 11 is 0. The molecule has 2 aromatic rings. The van der Waals surface area contributed by atoms with E-state index in [1.54, 1.807) is 24.3 Å². The van der Waals surface area contributed by atoms with Crippen LogP contribution in [0.15, 0.2) is 42.5 Å². The van der Waals surface area contributed by atoms with Crippen LogP contribution in [0.25, 0.3) is 0 Å². The van der Waals surface area contributed by atoms with Gasteiger partial charge in [0.05, 0.1) is 11.3 Å². The van der Waals surface area contributed by atoms with Crippen LogP contribution in [0, 0.1) is 17.1 Å². The van der Waals surface area contributed by atoms with Crippen molar-refractivity contribution in [1.29, 1.82) is 5.26 Å². The Labute approximate surface area is 115 Å². The van der Waals surface area contributed by atoms with Gasteiger partial charge in [0.25, 0.3) is 0 Å². The third-order valence-electron chi connectivity index (χ3n) is 2.82. The SMILES string of the molecule is N#Cc1cc(F)ccc1NCc1ccc(C(N)=O)cc1. The monoisotopic (exact) mass is 269 g/mol. The number of halogens is 1. The first kappa shape index (κ1) is 13.6. The highest BCUT2D eigenvalue weighted by Crippen LogP contribution is 2.17. The van der Waals surface area contributed by atoms with Gasteiger partial charge in [-0.3, -0.25) is 4.79 Å². The van der Waals surface area contributed by atoms with E-state index in [2.05, 4.69) is 5.32 Å². The zero-order valence-corrected chi connectivity index (χ0v) is 10.6. The fourth-order valence-corrected chi connectivity index (χ4v) is 1.75. The summed E-state index contributed by atoms with van der Waals surface area (Å²) in [6.45, 7) is 0.458. The molecule has 0 aliphatic heterocycles. The normalized spacial score (nSPS) is 9.80. The predicted molar refractivity (Wildman–Crippen MR) is 73.4 cm³/mol. The van der Waals surface area contributed by atoms with E-state index in [9.17, 15) is 9.18 Å². The molecule has 0 heterocycles. The van der Waals surface area contributed by atoms with Gasteiger partial charge in [0.1, 0.15) is 11.9 Å². The Kier molecular flexibility index (Phi) is 3.96. The lowest BCUT2D eigenvalue weighted by molar-refractivity contribution is 0.100. The molecule has 0 saturated carbocycles. The second-order valence-electron chi connectivity index (χ2n) is 4.22. The van der Waals surface area contributed by atoms with Crippen molar-refractivity contribution in [2.75, 3.05) is 5.32 Å². The molecule has 0 bridgehead atoms. The summed E-state index contributed by atoms with van der Waals surface area (Å²) in [7, 11) is 0. The first-order valence-corrected chi connectivity index (χ1v) is 5.92. The third-order valence-corrected chi connectivity index (χ3v) is 2.82. The molecule has 5 heteroatoms.